The van der Waals surface area contributed by atoms with E-state index in [1.54, 1.807) is 6.07 Å². The Balaban J connectivity index is 1.93. The Morgan fingerprint density at radius 2 is 1.96 bits per heavy atom. The number of urea groups is 1. The van der Waals surface area contributed by atoms with Crippen LogP contribution in [0.2, 0.25) is 0 Å². The van der Waals surface area contributed by atoms with Crippen LogP contribution in [0.25, 0.3) is 10.8 Å². The van der Waals surface area contributed by atoms with Gasteiger partial charge in [0.1, 0.15) is 11.6 Å². The molecule has 2 amide bonds. The summed E-state index contributed by atoms with van der Waals surface area (Å²) >= 11 is 0. The van der Waals surface area contributed by atoms with Crippen LogP contribution in [0.5, 0.6) is 5.88 Å². The quantitative estimate of drug-likeness (QED) is 0.685. The molecule has 7 nitrogen and oxygen atoms in total. The van der Waals surface area contributed by atoms with Gasteiger partial charge >= 0.3 is 6.03 Å². The molecule has 3 aromatic rings. The lowest BCUT2D eigenvalue weighted by Gasteiger charge is -2.10. The van der Waals surface area contributed by atoms with E-state index in [4.69, 9.17) is 5.26 Å². The van der Waals surface area contributed by atoms with E-state index in [-0.39, 0.29) is 22.6 Å². The lowest BCUT2D eigenvalue weighted by atomic mass is 10.1. The van der Waals surface area contributed by atoms with E-state index in [1.165, 1.54) is 14.0 Å². The summed E-state index contributed by atoms with van der Waals surface area (Å²) in [4.78, 5) is 28.0. The number of benzene rings is 2. The van der Waals surface area contributed by atoms with Crippen LogP contribution in [0.4, 0.5) is 10.5 Å². The molecular formula is C20H16N4O3. The summed E-state index contributed by atoms with van der Waals surface area (Å²) in [6, 6.07) is 14.3. The third-order valence-corrected chi connectivity index (χ3v) is 4.31. The summed E-state index contributed by atoms with van der Waals surface area (Å²) in [5.41, 5.74) is 0.298. The monoisotopic (exact) mass is 360 g/mol. The van der Waals surface area contributed by atoms with Crippen LogP contribution in [-0.4, -0.2) is 21.9 Å². The highest BCUT2D eigenvalue weighted by atomic mass is 16.3. The normalized spacial score (nSPS) is 10.9. The Kier molecular flexibility index (Phi) is 4.73. The zero-order chi connectivity index (χ0) is 19.6. The zero-order valence-electron chi connectivity index (χ0n) is 14.7. The first-order chi connectivity index (χ1) is 12.9. The highest BCUT2D eigenvalue weighted by Gasteiger charge is 2.16. The first-order valence-corrected chi connectivity index (χ1v) is 8.09. The summed E-state index contributed by atoms with van der Waals surface area (Å²) in [6.45, 7) is 1.52. The molecule has 134 valence electrons. The summed E-state index contributed by atoms with van der Waals surface area (Å²) in [5.74, 6) is -0.363. The van der Waals surface area contributed by atoms with Gasteiger partial charge in [-0.2, -0.15) is 5.26 Å². The molecule has 1 heterocycles. The zero-order valence-corrected chi connectivity index (χ0v) is 14.7. The predicted molar refractivity (Wildman–Crippen MR) is 103 cm³/mol. The van der Waals surface area contributed by atoms with Gasteiger partial charge in [-0.3, -0.25) is 9.36 Å². The summed E-state index contributed by atoms with van der Waals surface area (Å²) in [5, 5.41) is 23.8. The molecule has 0 radical (unpaired) electrons. The van der Waals surface area contributed by atoms with Crippen molar-refractivity contribution in [2.75, 3.05) is 5.32 Å². The first kappa shape index (κ1) is 17.9. The van der Waals surface area contributed by atoms with Crippen LogP contribution in [0, 0.1) is 18.3 Å². The van der Waals surface area contributed by atoms with E-state index in [2.05, 4.69) is 10.3 Å². The van der Waals surface area contributed by atoms with Crippen molar-refractivity contribution in [3.05, 3.63) is 69.5 Å². The molecule has 2 N–H and O–H groups in total. The number of fused-ring (bicyclic) bond motifs is 1. The number of pyridine rings is 1. The fourth-order valence-electron chi connectivity index (χ4n) is 2.80. The number of aromatic hydroxyl groups is 1. The Labute approximate surface area is 154 Å². The number of anilines is 1. The van der Waals surface area contributed by atoms with E-state index in [9.17, 15) is 14.7 Å². The Hall–Kier alpha value is -3.92. The van der Waals surface area contributed by atoms with Crippen LogP contribution in [0.15, 0.2) is 52.3 Å². The number of hydrogen-bond donors (Lipinski definition) is 2. The minimum absolute atomic E-state index is 0.105. The third kappa shape index (κ3) is 3.28. The van der Waals surface area contributed by atoms with E-state index in [1.807, 2.05) is 42.5 Å². The third-order valence-electron chi connectivity index (χ3n) is 4.31. The number of hydrogen-bond acceptors (Lipinski definition) is 4. The van der Waals surface area contributed by atoms with Gasteiger partial charge in [0.25, 0.3) is 5.56 Å². The highest BCUT2D eigenvalue weighted by molar-refractivity contribution is 6.05. The van der Waals surface area contributed by atoms with Crippen LogP contribution in [0.3, 0.4) is 0 Å². The topological polar surface area (TPSA) is 107 Å². The molecule has 0 unspecified atom stereocenters. The summed E-state index contributed by atoms with van der Waals surface area (Å²) in [7, 11) is 1.34. The Morgan fingerprint density at radius 3 is 2.70 bits per heavy atom. The maximum Gasteiger partial charge on any atom is 0.345 e. The molecule has 0 saturated heterocycles. The van der Waals surface area contributed by atoms with Gasteiger partial charge in [0.2, 0.25) is 5.88 Å². The minimum Gasteiger partial charge on any atom is -0.494 e. The van der Waals surface area contributed by atoms with Crippen LogP contribution < -0.4 is 10.9 Å². The van der Waals surface area contributed by atoms with Gasteiger partial charge in [-0.1, -0.05) is 36.4 Å². The van der Waals surface area contributed by atoms with Gasteiger partial charge in [-0.25, -0.2) is 9.79 Å². The molecule has 0 spiro atoms. The largest absolute Gasteiger partial charge is 0.494 e. The molecule has 3 rings (SSSR count). The maximum atomic E-state index is 12.2. The molecule has 2 aromatic carbocycles. The number of amides is 2. The van der Waals surface area contributed by atoms with Gasteiger partial charge in [0, 0.05) is 18.6 Å². The van der Waals surface area contributed by atoms with Gasteiger partial charge in [-0.05, 0) is 23.9 Å². The Bertz CT molecular complexity index is 1180. The van der Waals surface area contributed by atoms with Crippen molar-refractivity contribution >= 4 is 28.7 Å². The minimum atomic E-state index is -0.641. The fraction of sp³-hybridized carbons (Fsp3) is 0.100. The second kappa shape index (κ2) is 7.14. The van der Waals surface area contributed by atoms with Crippen molar-refractivity contribution in [1.82, 2.24) is 4.57 Å². The average molecular weight is 360 g/mol. The number of nitrogens with one attached hydrogen (secondary N) is 1. The van der Waals surface area contributed by atoms with Crippen LogP contribution >= 0.6 is 0 Å². The molecule has 0 saturated carbocycles. The molecule has 0 aliphatic heterocycles. The fourth-order valence-corrected chi connectivity index (χ4v) is 2.80. The number of carbonyl (C=O) groups excluding carboxylic acids is 1. The van der Waals surface area contributed by atoms with Crippen molar-refractivity contribution in [2.45, 2.75) is 6.92 Å². The molecule has 1 aromatic heterocycles. The van der Waals surface area contributed by atoms with Gasteiger partial charge in [0.15, 0.2) is 0 Å². The van der Waals surface area contributed by atoms with E-state index in [0.717, 1.165) is 21.6 Å². The van der Waals surface area contributed by atoms with Gasteiger partial charge in [-0.15, -0.1) is 0 Å². The number of rotatable bonds is 2. The second-order valence-electron chi connectivity index (χ2n) is 5.93. The predicted octanol–water partition coefficient (Wildman–Crippen LogP) is 3.08. The van der Waals surface area contributed by atoms with Crippen molar-refractivity contribution in [2.24, 2.45) is 12.0 Å². The van der Waals surface area contributed by atoms with Gasteiger partial charge < -0.3 is 10.4 Å². The van der Waals surface area contributed by atoms with E-state index in [0.29, 0.717) is 5.69 Å². The van der Waals surface area contributed by atoms with Crippen molar-refractivity contribution < 1.29 is 9.90 Å². The molecule has 7 heteroatoms. The summed E-state index contributed by atoms with van der Waals surface area (Å²) < 4.78 is 0.940. The molecule has 0 bridgehead atoms. The number of carbonyl (C=O) groups is 1. The summed E-state index contributed by atoms with van der Waals surface area (Å²) in [6.07, 6.45) is 1.14. The van der Waals surface area contributed by atoms with Gasteiger partial charge in [0.05, 0.1) is 11.3 Å². The lowest BCUT2D eigenvalue weighted by molar-refractivity contribution is 0.259. The van der Waals surface area contributed by atoms with Crippen molar-refractivity contribution in [3.63, 3.8) is 0 Å². The highest BCUT2D eigenvalue weighted by Crippen LogP contribution is 2.23. The smallest absolute Gasteiger partial charge is 0.345 e. The molecule has 27 heavy (non-hydrogen) atoms. The molecule has 0 aliphatic rings. The molecular weight excluding hydrogens is 344 g/mol. The molecule has 0 aliphatic carbocycles. The van der Waals surface area contributed by atoms with E-state index < -0.39 is 11.6 Å². The number of nitriles is 1. The number of aliphatic imine (C=N–C) groups is 1. The Morgan fingerprint density at radius 1 is 1.26 bits per heavy atom. The molecule has 0 fully saturated rings. The number of aromatic nitrogens is 1. The van der Waals surface area contributed by atoms with Crippen molar-refractivity contribution in [1.29, 1.82) is 5.26 Å². The second-order valence-corrected chi connectivity index (χ2v) is 5.93. The van der Waals surface area contributed by atoms with Crippen molar-refractivity contribution in [3.8, 4) is 11.9 Å². The van der Waals surface area contributed by atoms with Crippen LogP contribution in [-0.2, 0) is 7.05 Å². The maximum absolute atomic E-state index is 12.2. The van der Waals surface area contributed by atoms with Crippen LogP contribution in [0.1, 0.15) is 16.7 Å². The molecule has 0 atom stereocenters. The first-order valence-electron chi connectivity index (χ1n) is 8.09. The lowest BCUT2D eigenvalue weighted by Crippen LogP contribution is -2.22. The standard InChI is InChI=1S/C20H16N4O3/c1-12-15(10-21)18(25)24(2)19(26)16(12)11-22-20(27)23-17-9-5-7-13-6-3-4-8-14(13)17/h3-9,11,26H,1-2H3,(H,23,27)/b22-11-. The van der Waals surface area contributed by atoms with E-state index >= 15 is 0 Å². The SMILES string of the molecule is Cc1c(/C=N\C(=O)Nc2cccc3ccccc23)c(O)n(C)c(=O)c1C#N. The average Bonchev–Trinajstić information content (AvgIpc) is 2.67. The number of nitrogens with zero attached hydrogens (tertiary/aromatic N) is 3.